The first-order chi connectivity index (χ1) is 5.20. The molecule has 3 N–H and O–H groups in total. The average Bonchev–Trinajstić information content (AvgIpc) is 2.71. The Morgan fingerprint density at radius 2 is 2.36 bits per heavy atom. The van der Waals surface area contributed by atoms with Crippen LogP contribution in [0.25, 0.3) is 0 Å². The summed E-state index contributed by atoms with van der Waals surface area (Å²) in [5, 5.41) is 15.7. The number of hydrogen-bond acceptors (Lipinski definition) is 5. The molecule has 11 heavy (non-hydrogen) atoms. The number of thioether (sulfide) groups is 1. The molecule has 1 aliphatic heterocycles. The molecule has 0 saturated heterocycles. The Morgan fingerprint density at radius 1 is 1.73 bits per heavy atom. The van der Waals surface area contributed by atoms with E-state index in [1.165, 1.54) is 11.8 Å². The summed E-state index contributed by atoms with van der Waals surface area (Å²) < 4.78 is 0. The molecule has 0 aromatic carbocycles. The standard InChI is InChI=1S/C5H9N3O2S/c6-3(5(9)10)1-11-2-4-7-8-4/h3-4H,1-2,6H2,(H,9,10)/t3-/m0/s1. The smallest absolute Gasteiger partial charge is 0.321 e. The van der Waals surface area contributed by atoms with Gasteiger partial charge in [-0.15, -0.1) is 0 Å². The van der Waals surface area contributed by atoms with E-state index < -0.39 is 12.0 Å². The lowest BCUT2D eigenvalue weighted by Gasteiger charge is -2.03. The first-order valence-electron chi connectivity index (χ1n) is 3.16. The van der Waals surface area contributed by atoms with Crippen molar-refractivity contribution in [1.29, 1.82) is 0 Å². The molecule has 0 aromatic rings. The lowest BCUT2D eigenvalue weighted by molar-refractivity contribution is -0.137. The zero-order valence-electron chi connectivity index (χ0n) is 5.80. The monoisotopic (exact) mass is 175 g/mol. The lowest BCUT2D eigenvalue weighted by Crippen LogP contribution is -2.32. The normalized spacial score (nSPS) is 18.3. The third kappa shape index (κ3) is 3.33. The number of nitrogens with two attached hydrogens (primary N) is 1. The summed E-state index contributed by atoms with van der Waals surface area (Å²) in [6.07, 6.45) is 0.0981. The van der Waals surface area contributed by atoms with Crippen LogP contribution in [0.2, 0.25) is 0 Å². The van der Waals surface area contributed by atoms with Crippen LogP contribution in [-0.2, 0) is 4.79 Å². The van der Waals surface area contributed by atoms with Crippen LogP contribution in [-0.4, -0.2) is 34.8 Å². The maximum absolute atomic E-state index is 10.2. The molecular formula is C5H9N3O2S. The van der Waals surface area contributed by atoms with Crippen molar-refractivity contribution >= 4 is 17.7 Å². The van der Waals surface area contributed by atoms with Crippen LogP contribution in [0.1, 0.15) is 0 Å². The van der Waals surface area contributed by atoms with Gasteiger partial charge in [-0.3, -0.25) is 4.79 Å². The van der Waals surface area contributed by atoms with Crippen LogP contribution >= 0.6 is 11.8 Å². The van der Waals surface area contributed by atoms with Gasteiger partial charge >= 0.3 is 5.97 Å². The number of hydrogen-bond donors (Lipinski definition) is 2. The molecule has 6 heteroatoms. The molecule has 1 atom stereocenters. The Bertz CT molecular complexity index is 179. The number of carboxylic acids is 1. The molecule has 0 spiro atoms. The van der Waals surface area contributed by atoms with Crippen LogP contribution in [0.3, 0.4) is 0 Å². The van der Waals surface area contributed by atoms with Crippen molar-refractivity contribution in [3.05, 3.63) is 0 Å². The summed E-state index contributed by atoms with van der Waals surface area (Å²) in [5.74, 6) is 0.222. The second kappa shape index (κ2) is 3.68. The first kappa shape index (κ1) is 8.48. The highest BCUT2D eigenvalue weighted by Gasteiger charge is 2.17. The fraction of sp³-hybridized carbons (Fsp3) is 0.800. The largest absolute Gasteiger partial charge is 0.480 e. The van der Waals surface area contributed by atoms with Gasteiger partial charge in [-0.05, 0) is 0 Å². The van der Waals surface area contributed by atoms with E-state index in [1.54, 1.807) is 0 Å². The van der Waals surface area contributed by atoms with E-state index in [4.69, 9.17) is 10.8 Å². The maximum Gasteiger partial charge on any atom is 0.321 e. The molecule has 1 rings (SSSR count). The molecule has 0 aromatic heterocycles. The molecule has 0 aliphatic carbocycles. The van der Waals surface area contributed by atoms with E-state index in [-0.39, 0.29) is 6.17 Å². The van der Waals surface area contributed by atoms with Gasteiger partial charge in [0.1, 0.15) is 6.04 Å². The van der Waals surface area contributed by atoms with E-state index >= 15 is 0 Å². The minimum Gasteiger partial charge on any atom is -0.480 e. The quantitative estimate of drug-likeness (QED) is 0.611. The van der Waals surface area contributed by atoms with E-state index in [2.05, 4.69) is 10.2 Å². The van der Waals surface area contributed by atoms with Crippen LogP contribution in [0.5, 0.6) is 0 Å². The molecule has 0 unspecified atom stereocenters. The van der Waals surface area contributed by atoms with Crippen molar-refractivity contribution < 1.29 is 9.90 Å². The second-order valence-electron chi connectivity index (χ2n) is 2.19. The minimum absolute atomic E-state index is 0.0981. The number of carbonyl (C=O) groups is 1. The van der Waals surface area contributed by atoms with Gasteiger partial charge in [0.2, 0.25) is 0 Å². The van der Waals surface area contributed by atoms with E-state index in [0.29, 0.717) is 5.75 Å². The molecule has 1 heterocycles. The van der Waals surface area contributed by atoms with Gasteiger partial charge in [-0.25, -0.2) is 0 Å². The summed E-state index contributed by atoms with van der Waals surface area (Å²) in [4.78, 5) is 10.2. The van der Waals surface area contributed by atoms with Crippen LogP contribution in [0.15, 0.2) is 10.2 Å². The van der Waals surface area contributed by atoms with Crippen LogP contribution in [0.4, 0.5) is 0 Å². The van der Waals surface area contributed by atoms with Gasteiger partial charge in [-0.2, -0.15) is 22.0 Å². The van der Waals surface area contributed by atoms with Crippen molar-refractivity contribution in [2.45, 2.75) is 12.2 Å². The molecule has 0 radical (unpaired) electrons. The van der Waals surface area contributed by atoms with Crippen LogP contribution < -0.4 is 5.73 Å². The van der Waals surface area contributed by atoms with Crippen molar-refractivity contribution in [3.8, 4) is 0 Å². The summed E-state index contributed by atoms with van der Waals surface area (Å²) in [5.41, 5.74) is 5.24. The van der Waals surface area contributed by atoms with E-state index in [0.717, 1.165) is 5.75 Å². The van der Waals surface area contributed by atoms with Crippen molar-refractivity contribution in [1.82, 2.24) is 0 Å². The zero-order chi connectivity index (χ0) is 8.27. The molecule has 0 bridgehead atoms. The Labute approximate surface area is 68.1 Å². The fourth-order valence-corrected chi connectivity index (χ4v) is 1.36. The molecule has 1 aliphatic rings. The molecule has 0 fully saturated rings. The molecular weight excluding hydrogens is 166 g/mol. The number of nitrogens with zero attached hydrogens (tertiary/aromatic N) is 2. The lowest BCUT2D eigenvalue weighted by atomic mass is 10.4. The Balaban J connectivity index is 1.96. The Kier molecular flexibility index (Phi) is 2.84. The Hall–Kier alpha value is -0.620. The SMILES string of the molecule is N[C@@H](CSCC1N=N1)C(=O)O. The van der Waals surface area contributed by atoms with E-state index in [1.807, 2.05) is 0 Å². The Morgan fingerprint density at radius 3 is 2.82 bits per heavy atom. The van der Waals surface area contributed by atoms with Crippen molar-refractivity contribution in [2.75, 3.05) is 11.5 Å². The number of aliphatic carboxylic acids is 1. The summed E-state index contributed by atoms with van der Waals surface area (Å²) in [6, 6.07) is -0.765. The summed E-state index contributed by atoms with van der Waals surface area (Å²) >= 11 is 1.47. The topological polar surface area (TPSA) is 88.0 Å². The number of carboxylic acid groups (broad SMARTS) is 1. The van der Waals surface area contributed by atoms with Gasteiger partial charge in [0, 0.05) is 11.5 Å². The van der Waals surface area contributed by atoms with Gasteiger partial charge in [-0.1, -0.05) is 0 Å². The zero-order valence-corrected chi connectivity index (χ0v) is 6.62. The molecule has 0 amide bonds. The van der Waals surface area contributed by atoms with Crippen molar-refractivity contribution in [2.24, 2.45) is 16.0 Å². The van der Waals surface area contributed by atoms with Gasteiger partial charge < -0.3 is 10.8 Å². The third-order valence-corrected chi connectivity index (χ3v) is 2.29. The third-order valence-electron chi connectivity index (χ3n) is 1.16. The molecule has 0 saturated carbocycles. The molecule has 62 valence electrons. The van der Waals surface area contributed by atoms with Crippen molar-refractivity contribution in [3.63, 3.8) is 0 Å². The van der Waals surface area contributed by atoms with Gasteiger partial charge in [0.05, 0.1) is 0 Å². The minimum atomic E-state index is -0.956. The predicted octanol–water partition coefficient (Wildman–Crippen LogP) is -0.0766. The average molecular weight is 175 g/mol. The highest BCUT2D eigenvalue weighted by molar-refractivity contribution is 7.99. The summed E-state index contributed by atoms with van der Waals surface area (Å²) in [7, 11) is 0. The molecule has 5 nitrogen and oxygen atoms in total. The highest BCUT2D eigenvalue weighted by Crippen LogP contribution is 2.16. The fourth-order valence-electron chi connectivity index (χ4n) is 0.486. The summed E-state index contributed by atoms with van der Waals surface area (Å²) in [6.45, 7) is 0. The van der Waals surface area contributed by atoms with E-state index in [9.17, 15) is 4.79 Å². The van der Waals surface area contributed by atoms with Crippen LogP contribution in [0, 0.1) is 0 Å². The second-order valence-corrected chi connectivity index (χ2v) is 3.27. The first-order valence-corrected chi connectivity index (χ1v) is 4.31. The predicted molar refractivity (Wildman–Crippen MR) is 41.6 cm³/mol. The highest BCUT2D eigenvalue weighted by atomic mass is 32.2. The van der Waals surface area contributed by atoms with Gasteiger partial charge in [0.15, 0.2) is 6.17 Å². The maximum atomic E-state index is 10.2. The number of rotatable bonds is 5. The van der Waals surface area contributed by atoms with Gasteiger partial charge in [0.25, 0.3) is 0 Å².